The number of thiazole rings is 1. The fraction of sp³-hybridized carbons (Fsp3) is 0.0667. The van der Waals surface area contributed by atoms with Crippen molar-refractivity contribution >= 4 is 44.1 Å². The molecule has 2 amide bonds. The third kappa shape index (κ3) is 3.09. The van der Waals surface area contributed by atoms with Crippen molar-refractivity contribution in [2.45, 2.75) is 0 Å². The molecule has 0 spiro atoms. The first-order valence-electron chi connectivity index (χ1n) is 6.52. The van der Waals surface area contributed by atoms with E-state index in [2.05, 4.69) is 15.6 Å². The minimum absolute atomic E-state index is 0.318. The number of rotatable bonds is 3. The summed E-state index contributed by atoms with van der Waals surface area (Å²) in [5.41, 5.74) is 7.85. The van der Waals surface area contributed by atoms with E-state index in [1.807, 2.05) is 12.1 Å². The fourth-order valence-corrected chi connectivity index (χ4v) is 2.76. The molecular weight excluding hydrogens is 300 g/mol. The molecular formula is C15H14N4O2S. The summed E-state index contributed by atoms with van der Waals surface area (Å²) in [4.78, 5) is 16.2. The number of amides is 2. The van der Waals surface area contributed by atoms with Gasteiger partial charge in [-0.05, 0) is 42.5 Å². The molecule has 3 aromatic rings. The molecule has 0 saturated carbocycles. The summed E-state index contributed by atoms with van der Waals surface area (Å²) in [6, 6.07) is 12.2. The van der Waals surface area contributed by atoms with E-state index >= 15 is 0 Å². The molecule has 112 valence electrons. The molecule has 0 fully saturated rings. The Labute approximate surface area is 130 Å². The van der Waals surface area contributed by atoms with Crippen LogP contribution in [0.15, 0.2) is 42.5 Å². The summed E-state index contributed by atoms with van der Waals surface area (Å²) >= 11 is 1.38. The lowest BCUT2D eigenvalue weighted by Crippen LogP contribution is -2.19. The van der Waals surface area contributed by atoms with Gasteiger partial charge in [0.2, 0.25) is 0 Å². The zero-order chi connectivity index (χ0) is 15.5. The average molecular weight is 314 g/mol. The maximum atomic E-state index is 12.0. The van der Waals surface area contributed by atoms with Crippen LogP contribution in [0.1, 0.15) is 0 Å². The number of nitrogens with one attached hydrogen (secondary N) is 2. The van der Waals surface area contributed by atoms with Crippen LogP contribution in [0.2, 0.25) is 0 Å². The quantitative estimate of drug-likeness (QED) is 0.690. The van der Waals surface area contributed by atoms with Crippen LogP contribution >= 0.6 is 11.3 Å². The molecule has 6 nitrogen and oxygen atoms in total. The van der Waals surface area contributed by atoms with Crippen LogP contribution in [0.4, 0.5) is 21.3 Å². The summed E-state index contributed by atoms with van der Waals surface area (Å²) in [6.07, 6.45) is 0. The third-order valence-electron chi connectivity index (χ3n) is 3.01. The van der Waals surface area contributed by atoms with Crippen LogP contribution < -0.4 is 21.1 Å². The van der Waals surface area contributed by atoms with Gasteiger partial charge in [-0.25, -0.2) is 9.78 Å². The molecule has 7 heteroatoms. The minimum atomic E-state index is -0.318. The summed E-state index contributed by atoms with van der Waals surface area (Å²) < 4.78 is 6.00. The summed E-state index contributed by atoms with van der Waals surface area (Å²) in [7, 11) is 1.59. The number of hydrogen-bond acceptors (Lipinski definition) is 5. The maximum absolute atomic E-state index is 12.0. The van der Waals surface area contributed by atoms with Crippen molar-refractivity contribution in [2.75, 3.05) is 23.5 Å². The summed E-state index contributed by atoms with van der Waals surface area (Å²) in [5, 5.41) is 6.04. The Balaban J connectivity index is 1.69. The standard InChI is InChI=1S/C15H14N4O2S/c1-21-11-5-2-9(3-6-11)17-15(20)18-10-4-7-12-13(8-10)22-14(16)19-12/h2-8H,1H3,(H2,16,19)(H2,17,18,20). The number of methoxy groups -OCH3 is 1. The number of hydrogen-bond donors (Lipinski definition) is 3. The van der Waals surface area contributed by atoms with Gasteiger partial charge in [0.15, 0.2) is 5.13 Å². The second-order valence-electron chi connectivity index (χ2n) is 4.54. The van der Waals surface area contributed by atoms with Crippen LogP contribution in [0.3, 0.4) is 0 Å². The molecule has 0 aliphatic rings. The van der Waals surface area contributed by atoms with Gasteiger partial charge < -0.3 is 21.1 Å². The highest BCUT2D eigenvalue weighted by Gasteiger charge is 2.06. The minimum Gasteiger partial charge on any atom is -0.497 e. The molecule has 2 aromatic carbocycles. The van der Waals surface area contributed by atoms with Crippen molar-refractivity contribution in [1.29, 1.82) is 0 Å². The molecule has 4 N–H and O–H groups in total. The number of carbonyl (C=O) groups excluding carboxylic acids is 1. The average Bonchev–Trinajstić information content (AvgIpc) is 2.87. The van der Waals surface area contributed by atoms with Crippen molar-refractivity contribution in [3.8, 4) is 5.75 Å². The van der Waals surface area contributed by atoms with Crippen molar-refractivity contribution in [3.05, 3.63) is 42.5 Å². The van der Waals surface area contributed by atoms with Gasteiger partial charge in [0, 0.05) is 11.4 Å². The summed E-state index contributed by atoms with van der Waals surface area (Å²) in [6.45, 7) is 0. The van der Waals surface area contributed by atoms with E-state index in [0.29, 0.717) is 16.5 Å². The molecule has 1 heterocycles. The van der Waals surface area contributed by atoms with Crippen molar-refractivity contribution < 1.29 is 9.53 Å². The lowest BCUT2D eigenvalue weighted by Gasteiger charge is -2.08. The first kappa shape index (κ1) is 14.2. The number of urea groups is 1. The van der Waals surface area contributed by atoms with E-state index in [4.69, 9.17) is 10.5 Å². The first-order chi connectivity index (χ1) is 10.6. The molecule has 0 unspecified atom stereocenters. The molecule has 0 bridgehead atoms. The second kappa shape index (κ2) is 5.90. The van der Waals surface area contributed by atoms with E-state index in [1.54, 1.807) is 37.4 Å². The molecule has 0 aliphatic heterocycles. The van der Waals surface area contributed by atoms with E-state index in [1.165, 1.54) is 11.3 Å². The SMILES string of the molecule is COc1ccc(NC(=O)Nc2ccc3nc(N)sc3c2)cc1. The molecule has 22 heavy (non-hydrogen) atoms. The largest absolute Gasteiger partial charge is 0.497 e. The highest BCUT2D eigenvalue weighted by atomic mass is 32.1. The van der Waals surface area contributed by atoms with Crippen molar-refractivity contribution in [2.24, 2.45) is 0 Å². The van der Waals surface area contributed by atoms with Gasteiger partial charge in [-0.3, -0.25) is 0 Å². The monoisotopic (exact) mass is 314 g/mol. The normalized spacial score (nSPS) is 10.4. The van der Waals surface area contributed by atoms with E-state index in [0.717, 1.165) is 16.0 Å². The molecule has 1 aromatic heterocycles. The number of nitrogens with two attached hydrogens (primary N) is 1. The predicted octanol–water partition coefficient (Wildman–Crippen LogP) is 3.53. The number of fused-ring (bicyclic) bond motifs is 1. The van der Waals surface area contributed by atoms with Gasteiger partial charge in [-0.2, -0.15) is 0 Å². The van der Waals surface area contributed by atoms with E-state index < -0.39 is 0 Å². The van der Waals surface area contributed by atoms with Gasteiger partial charge >= 0.3 is 6.03 Å². The van der Waals surface area contributed by atoms with Crippen LogP contribution in [0.25, 0.3) is 10.2 Å². The number of nitrogens with zero attached hydrogens (tertiary/aromatic N) is 1. The first-order valence-corrected chi connectivity index (χ1v) is 7.34. The smallest absolute Gasteiger partial charge is 0.323 e. The van der Waals surface area contributed by atoms with Gasteiger partial charge in [0.05, 0.1) is 17.3 Å². The summed E-state index contributed by atoms with van der Waals surface area (Å²) in [5.74, 6) is 0.735. The second-order valence-corrected chi connectivity index (χ2v) is 5.60. The zero-order valence-electron chi connectivity index (χ0n) is 11.8. The van der Waals surface area contributed by atoms with Crippen LogP contribution in [0.5, 0.6) is 5.75 Å². The Kier molecular flexibility index (Phi) is 3.80. The lowest BCUT2D eigenvalue weighted by atomic mass is 10.3. The van der Waals surface area contributed by atoms with Gasteiger partial charge in [0.25, 0.3) is 0 Å². The molecule has 0 atom stereocenters. The number of carbonyl (C=O) groups is 1. The fourth-order valence-electron chi connectivity index (χ4n) is 1.99. The predicted molar refractivity (Wildman–Crippen MR) is 89.7 cm³/mol. The molecule has 0 saturated heterocycles. The van der Waals surface area contributed by atoms with Crippen LogP contribution in [-0.2, 0) is 0 Å². The van der Waals surface area contributed by atoms with Gasteiger partial charge in [0.1, 0.15) is 5.75 Å². The van der Waals surface area contributed by atoms with Crippen molar-refractivity contribution in [3.63, 3.8) is 0 Å². The Hall–Kier alpha value is -2.80. The zero-order valence-corrected chi connectivity index (χ0v) is 12.6. The van der Waals surface area contributed by atoms with E-state index in [-0.39, 0.29) is 6.03 Å². The number of benzene rings is 2. The lowest BCUT2D eigenvalue weighted by molar-refractivity contribution is 0.262. The maximum Gasteiger partial charge on any atom is 0.323 e. The molecule has 0 radical (unpaired) electrons. The van der Waals surface area contributed by atoms with Crippen molar-refractivity contribution in [1.82, 2.24) is 4.98 Å². The highest BCUT2D eigenvalue weighted by Crippen LogP contribution is 2.26. The van der Waals surface area contributed by atoms with Gasteiger partial charge in [-0.15, -0.1) is 0 Å². The number of nitrogen functional groups attached to an aromatic ring is 1. The molecule has 3 rings (SSSR count). The Morgan fingerprint density at radius 1 is 1.14 bits per heavy atom. The Morgan fingerprint density at radius 2 is 1.82 bits per heavy atom. The van der Waals surface area contributed by atoms with Gasteiger partial charge in [-0.1, -0.05) is 11.3 Å². The number of anilines is 3. The van der Waals surface area contributed by atoms with Crippen LogP contribution in [0, 0.1) is 0 Å². The molecule has 0 aliphatic carbocycles. The topological polar surface area (TPSA) is 89.3 Å². The third-order valence-corrected chi connectivity index (χ3v) is 3.86. The Bertz CT molecular complexity index is 814. The number of ether oxygens (including phenoxy) is 1. The van der Waals surface area contributed by atoms with E-state index in [9.17, 15) is 4.79 Å². The number of aromatic nitrogens is 1. The Morgan fingerprint density at radius 3 is 2.55 bits per heavy atom. The highest BCUT2D eigenvalue weighted by molar-refractivity contribution is 7.22. The van der Waals surface area contributed by atoms with Crippen LogP contribution in [-0.4, -0.2) is 18.1 Å².